The van der Waals surface area contributed by atoms with Crippen LogP contribution in [0.3, 0.4) is 0 Å². The van der Waals surface area contributed by atoms with Crippen molar-refractivity contribution in [1.29, 1.82) is 0 Å². The van der Waals surface area contributed by atoms with Crippen LogP contribution in [0, 0.1) is 0 Å². The predicted molar refractivity (Wildman–Crippen MR) is 49.2 cm³/mol. The van der Waals surface area contributed by atoms with E-state index in [9.17, 15) is 9.90 Å². The summed E-state index contributed by atoms with van der Waals surface area (Å²) in [6.07, 6.45) is 0. The molecule has 0 aromatic heterocycles. The molecule has 0 aliphatic carbocycles. The molecule has 0 heterocycles. The summed E-state index contributed by atoms with van der Waals surface area (Å²) < 4.78 is 0. The monoisotopic (exact) mass is 200 g/mol. The molecule has 70 valence electrons. The zero-order chi connectivity index (χ0) is 10.0. The van der Waals surface area contributed by atoms with Crippen LogP contribution in [0.5, 0.6) is 5.75 Å². The maximum Gasteiger partial charge on any atom is 0.310 e. The highest BCUT2D eigenvalue weighted by atomic mass is 35.5. The van der Waals surface area contributed by atoms with Crippen molar-refractivity contribution in [3.8, 4) is 5.75 Å². The maximum atomic E-state index is 10.6. The lowest BCUT2D eigenvalue weighted by atomic mass is 10.0. The minimum atomic E-state index is -0.965. The van der Waals surface area contributed by atoms with Gasteiger partial charge in [-0.1, -0.05) is 23.7 Å². The van der Waals surface area contributed by atoms with Crippen molar-refractivity contribution in [2.45, 2.75) is 12.8 Å². The van der Waals surface area contributed by atoms with E-state index in [-0.39, 0.29) is 10.8 Å². The van der Waals surface area contributed by atoms with Gasteiger partial charge < -0.3 is 10.2 Å². The van der Waals surface area contributed by atoms with Crippen molar-refractivity contribution in [3.05, 3.63) is 28.8 Å². The minimum Gasteiger partial charge on any atom is -0.506 e. The highest BCUT2D eigenvalue weighted by Crippen LogP contribution is 2.31. The van der Waals surface area contributed by atoms with E-state index in [1.807, 2.05) is 0 Å². The molecule has 1 rings (SSSR count). The molecule has 1 unspecified atom stereocenters. The Hall–Kier alpha value is -1.22. The Morgan fingerprint density at radius 2 is 2.15 bits per heavy atom. The molecule has 0 aliphatic heterocycles. The van der Waals surface area contributed by atoms with E-state index >= 15 is 0 Å². The van der Waals surface area contributed by atoms with Gasteiger partial charge in [-0.3, -0.25) is 4.79 Å². The lowest BCUT2D eigenvalue weighted by Gasteiger charge is -2.09. The second-order valence-corrected chi connectivity index (χ2v) is 3.12. The van der Waals surface area contributed by atoms with E-state index in [4.69, 9.17) is 16.7 Å². The van der Waals surface area contributed by atoms with Gasteiger partial charge in [0.25, 0.3) is 0 Å². The van der Waals surface area contributed by atoms with Crippen molar-refractivity contribution < 1.29 is 15.0 Å². The maximum absolute atomic E-state index is 10.6. The van der Waals surface area contributed by atoms with E-state index in [1.165, 1.54) is 13.0 Å². The molecule has 1 aromatic carbocycles. The third-order valence-electron chi connectivity index (χ3n) is 1.85. The average Bonchev–Trinajstić information content (AvgIpc) is 2.08. The molecular formula is C9H9ClO3. The fraction of sp³-hybridized carbons (Fsp3) is 0.222. The van der Waals surface area contributed by atoms with Crippen LogP contribution in [0.2, 0.25) is 5.02 Å². The summed E-state index contributed by atoms with van der Waals surface area (Å²) in [5.74, 6) is -1.76. The molecule has 0 saturated heterocycles. The molecule has 0 bridgehead atoms. The smallest absolute Gasteiger partial charge is 0.310 e. The van der Waals surface area contributed by atoms with E-state index < -0.39 is 11.9 Å². The van der Waals surface area contributed by atoms with Gasteiger partial charge in [-0.15, -0.1) is 0 Å². The number of benzene rings is 1. The second-order valence-electron chi connectivity index (χ2n) is 2.74. The van der Waals surface area contributed by atoms with Crippen LogP contribution >= 0.6 is 11.6 Å². The Balaban J connectivity index is 3.15. The van der Waals surface area contributed by atoms with Crippen LogP contribution < -0.4 is 0 Å². The largest absolute Gasteiger partial charge is 0.506 e. The number of phenols is 1. The SMILES string of the molecule is CC(C(=O)O)c1cccc(O)c1Cl. The first kappa shape index (κ1) is 9.86. The summed E-state index contributed by atoms with van der Waals surface area (Å²) >= 11 is 5.72. The molecule has 0 spiro atoms. The van der Waals surface area contributed by atoms with Crippen LogP contribution in [0.15, 0.2) is 18.2 Å². The zero-order valence-corrected chi connectivity index (χ0v) is 7.75. The van der Waals surface area contributed by atoms with Gasteiger partial charge in [-0.05, 0) is 18.6 Å². The Bertz CT molecular complexity index is 336. The van der Waals surface area contributed by atoms with Gasteiger partial charge in [0.1, 0.15) is 5.75 Å². The molecule has 0 aliphatic rings. The van der Waals surface area contributed by atoms with Gasteiger partial charge in [0, 0.05) is 0 Å². The first-order chi connectivity index (χ1) is 6.04. The number of rotatable bonds is 2. The Labute approximate surface area is 80.6 Å². The molecule has 0 fully saturated rings. The van der Waals surface area contributed by atoms with E-state index in [1.54, 1.807) is 12.1 Å². The number of phenolic OH excluding ortho intramolecular Hbond substituents is 1. The zero-order valence-electron chi connectivity index (χ0n) is 6.99. The topological polar surface area (TPSA) is 57.5 Å². The molecule has 0 saturated carbocycles. The number of aliphatic carboxylic acids is 1. The summed E-state index contributed by atoms with van der Waals surface area (Å²) in [5.41, 5.74) is 0.425. The normalized spacial score (nSPS) is 12.5. The number of hydrogen-bond donors (Lipinski definition) is 2. The standard InChI is InChI=1S/C9H9ClO3/c1-5(9(12)13)6-3-2-4-7(11)8(6)10/h2-5,11H,1H3,(H,12,13). The number of halogens is 1. The molecule has 0 amide bonds. The van der Waals surface area contributed by atoms with E-state index in [0.29, 0.717) is 5.56 Å². The van der Waals surface area contributed by atoms with Gasteiger partial charge in [0.2, 0.25) is 0 Å². The molecular weight excluding hydrogens is 192 g/mol. The number of hydrogen-bond acceptors (Lipinski definition) is 2. The summed E-state index contributed by atoms with van der Waals surface area (Å²) in [6.45, 7) is 1.52. The second kappa shape index (κ2) is 3.66. The van der Waals surface area contributed by atoms with Gasteiger partial charge in [-0.2, -0.15) is 0 Å². The molecule has 3 nitrogen and oxygen atoms in total. The number of carboxylic acids is 1. The first-order valence-corrected chi connectivity index (χ1v) is 4.12. The summed E-state index contributed by atoms with van der Waals surface area (Å²) in [7, 11) is 0. The van der Waals surface area contributed by atoms with Crippen molar-refractivity contribution in [1.82, 2.24) is 0 Å². The fourth-order valence-electron chi connectivity index (χ4n) is 1.00. The van der Waals surface area contributed by atoms with Gasteiger partial charge in [0.15, 0.2) is 0 Å². The summed E-state index contributed by atoms with van der Waals surface area (Å²) in [6, 6.07) is 4.57. The predicted octanol–water partition coefficient (Wildman–Crippen LogP) is 2.23. The van der Waals surface area contributed by atoms with Crippen molar-refractivity contribution in [3.63, 3.8) is 0 Å². The van der Waals surface area contributed by atoms with Crippen molar-refractivity contribution in [2.75, 3.05) is 0 Å². The van der Waals surface area contributed by atoms with Crippen LogP contribution in [0.25, 0.3) is 0 Å². The third-order valence-corrected chi connectivity index (χ3v) is 2.26. The first-order valence-electron chi connectivity index (χ1n) is 3.74. The average molecular weight is 201 g/mol. The number of carboxylic acid groups (broad SMARTS) is 1. The Kier molecular flexibility index (Phi) is 2.78. The Morgan fingerprint density at radius 3 is 2.69 bits per heavy atom. The molecule has 4 heteroatoms. The van der Waals surface area contributed by atoms with E-state index in [2.05, 4.69) is 0 Å². The lowest BCUT2D eigenvalue weighted by Crippen LogP contribution is -2.07. The van der Waals surface area contributed by atoms with Crippen LogP contribution in [-0.2, 0) is 4.79 Å². The van der Waals surface area contributed by atoms with Crippen LogP contribution in [-0.4, -0.2) is 16.2 Å². The molecule has 13 heavy (non-hydrogen) atoms. The molecule has 1 atom stereocenters. The Morgan fingerprint density at radius 1 is 1.54 bits per heavy atom. The van der Waals surface area contributed by atoms with Gasteiger partial charge in [-0.25, -0.2) is 0 Å². The molecule has 1 aromatic rings. The minimum absolute atomic E-state index is 0.0905. The van der Waals surface area contributed by atoms with Crippen molar-refractivity contribution in [2.24, 2.45) is 0 Å². The molecule has 2 N–H and O–H groups in total. The highest BCUT2D eigenvalue weighted by Gasteiger charge is 2.17. The molecule has 0 radical (unpaired) electrons. The number of carbonyl (C=O) groups is 1. The summed E-state index contributed by atoms with van der Waals surface area (Å²) in [5, 5.41) is 18.0. The van der Waals surface area contributed by atoms with E-state index in [0.717, 1.165) is 0 Å². The van der Waals surface area contributed by atoms with Crippen LogP contribution in [0.1, 0.15) is 18.4 Å². The fourth-order valence-corrected chi connectivity index (χ4v) is 1.29. The third kappa shape index (κ3) is 1.92. The van der Waals surface area contributed by atoms with Crippen LogP contribution in [0.4, 0.5) is 0 Å². The highest BCUT2D eigenvalue weighted by molar-refractivity contribution is 6.33. The quantitative estimate of drug-likeness (QED) is 0.770. The van der Waals surface area contributed by atoms with Gasteiger partial charge >= 0.3 is 5.97 Å². The van der Waals surface area contributed by atoms with Crippen molar-refractivity contribution >= 4 is 17.6 Å². The number of aromatic hydroxyl groups is 1. The van der Waals surface area contributed by atoms with Gasteiger partial charge in [0.05, 0.1) is 10.9 Å². The summed E-state index contributed by atoms with van der Waals surface area (Å²) in [4.78, 5) is 10.6. The lowest BCUT2D eigenvalue weighted by molar-refractivity contribution is -0.138.